The van der Waals surface area contributed by atoms with E-state index in [1.165, 1.54) is 12.1 Å². The maximum Gasteiger partial charge on any atom is 0.262 e. The third-order valence-corrected chi connectivity index (χ3v) is 6.20. The first-order chi connectivity index (χ1) is 15.0. The molecule has 0 unspecified atom stereocenters. The number of amides is 1. The Morgan fingerprint density at radius 2 is 1.47 bits per heavy atom. The fourth-order valence-corrected chi connectivity index (χ4v) is 4.16. The summed E-state index contributed by atoms with van der Waals surface area (Å²) < 4.78 is 33.4. The van der Waals surface area contributed by atoms with E-state index in [0.717, 1.165) is 11.1 Å². The van der Waals surface area contributed by atoms with Gasteiger partial charge in [-0.2, -0.15) is 0 Å². The maximum absolute atomic E-state index is 12.6. The zero-order valence-corrected chi connectivity index (χ0v) is 19.5. The predicted octanol–water partition coefficient (Wildman–Crippen LogP) is 5.11. The van der Waals surface area contributed by atoms with Crippen molar-refractivity contribution in [2.75, 3.05) is 16.6 Å². The number of hydrogen-bond acceptors (Lipinski definition) is 4. The van der Waals surface area contributed by atoms with Crippen LogP contribution in [0.5, 0.6) is 5.75 Å². The van der Waals surface area contributed by atoms with Crippen LogP contribution >= 0.6 is 0 Å². The molecule has 0 bridgehead atoms. The number of hydrogen-bond donors (Lipinski definition) is 2. The molecule has 1 amide bonds. The minimum absolute atomic E-state index is 0.103. The van der Waals surface area contributed by atoms with E-state index < -0.39 is 10.0 Å². The van der Waals surface area contributed by atoms with Crippen LogP contribution < -0.4 is 14.8 Å². The second-order valence-corrected chi connectivity index (χ2v) is 10.3. The molecule has 2 N–H and O–H groups in total. The van der Waals surface area contributed by atoms with Gasteiger partial charge in [0.2, 0.25) is 0 Å². The highest BCUT2D eigenvalue weighted by molar-refractivity contribution is 7.92. The van der Waals surface area contributed by atoms with E-state index in [1.54, 1.807) is 24.3 Å². The molecule has 0 saturated carbocycles. The van der Waals surface area contributed by atoms with Crippen LogP contribution in [0.4, 0.5) is 11.4 Å². The molecule has 3 aromatic carbocycles. The lowest BCUT2D eigenvalue weighted by atomic mass is 9.86. The van der Waals surface area contributed by atoms with Gasteiger partial charge < -0.3 is 10.1 Å². The SMILES string of the molecule is Cc1ccc(NS(=O)(=O)c2ccc(NC(=O)COc3ccccc3C(C)(C)C)cc2)cc1. The lowest BCUT2D eigenvalue weighted by molar-refractivity contribution is -0.118. The van der Waals surface area contributed by atoms with Crippen LogP contribution in [-0.4, -0.2) is 20.9 Å². The smallest absolute Gasteiger partial charge is 0.262 e. The molecule has 0 saturated heterocycles. The van der Waals surface area contributed by atoms with E-state index in [0.29, 0.717) is 17.1 Å². The normalized spacial score (nSPS) is 11.6. The van der Waals surface area contributed by atoms with Crippen molar-refractivity contribution in [3.05, 3.63) is 83.9 Å². The van der Waals surface area contributed by atoms with Gasteiger partial charge in [0.25, 0.3) is 15.9 Å². The van der Waals surface area contributed by atoms with E-state index in [1.807, 2.05) is 43.3 Å². The van der Waals surface area contributed by atoms with Gasteiger partial charge in [0.15, 0.2) is 6.61 Å². The Balaban J connectivity index is 1.61. The number of nitrogens with one attached hydrogen (secondary N) is 2. The van der Waals surface area contributed by atoms with E-state index in [-0.39, 0.29) is 22.8 Å². The molecule has 32 heavy (non-hydrogen) atoms. The monoisotopic (exact) mass is 452 g/mol. The van der Waals surface area contributed by atoms with Crippen molar-refractivity contribution in [2.45, 2.75) is 38.0 Å². The first kappa shape index (κ1) is 23.3. The molecule has 6 nitrogen and oxygen atoms in total. The number of aryl methyl sites for hydroxylation is 1. The van der Waals surface area contributed by atoms with Crippen molar-refractivity contribution < 1.29 is 17.9 Å². The summed E-state index contributed by atoms with van der Waals surface area (Å²) in [6, 6.07) is 20.7. The fraction of sp³-hybridized carbons (Fsp3) is 0.240. The zero-order chi connectivity index (χ0) is 23.4. The van der Waals surface area contributed by atoms with Gasteiger partial charge >= 0.3 is 0 Å². The highest BCUT2D eigenvalue weighted by Crippen LogP contribution is 2.30. The minimum atomic E-state index is -3.72. The Labute approximate surface area is 189 Å². The average molecular weight is 453 g/mol. The van der Waals surface area contributed by atoms with E-state index in [9.17, 15) is 13.2 Å². The Morgan fingerprint density at radius 3 is 2.09 bits per heavy atom. The molecule has 168 valence electrons. The van der Waals surface area contributed by atoms with Gasteiger partial charge in [0, 0.05) is 11.4 Å². The lowest BCUT2D eigenvalue weighted by Crippen LogP contribution is -2.22. The van der Waals surface area contributed by atoms with Crippen LogP contribution in [-0.2, 0) is 20.2 Å². The summed E-state index contributed by atoms with van der Waals surface area (Å²) in [6.45, 7) is 8.03. The number of ether oxygens (including phenoxy) is 1. The molecule has 0 spiro atoms. The van der Waals surface area contributed by atoms with Crippen molar-refractivity contribution in [1.82, 2.24) is 0 Å². The number of carbonyl (C=O) groups excluding carboxylic acids is 1. The summed E-state index contributed by atoms with van der Waals surface area (Å²) in [7, 11) is -3.72. The van der Waals surface area contributed by atoms with Crippen molar-refractivity contribution in [2.24, 2.45) is 0 Å². The Bertz CT molecular complexity index is 1180. The van der Waals surface area contributed by atoms with E-state index in [4.69, 9.17) is 4.74 Å². The molecule has 0 atom stereocenters. The van der Waals surface area contributed by atoms with Crippen molar-refractivity contribution in [3.8, 4) is 5.75 Å². The summed E-state index contributed by atoms with van der Waals surface area (Å²) >= 11 is 0. The molecule has 0 radical (unpaired) electrons. The van der Waals surface area contributed by atoms with Gasteiger partial charge in [-0.05, 0) is 60.4 Å². The van der Waals surface area contributed by atoms with Crippen LogP contribution in [0.1, 0.15) is 31.9 Å². The summed E-state index contributed by atoms with van der Waals surface area (Å²) in [4.78, 5) is 12.4. The Hall–Kier alpha value is -3.32. The summed E-state index contributed by atoms with van der Waals surface area (Å²) in [5.41, 5.74) is 2.92. The van der Waals surface area contributed by atoms with Gasteiger partial charge in [-0.3, -0.25) is 9.52 Å². The van der Waals surface area contributed by atoms with E-state index >= 15 is 0 Å². The van der Waals surface area contributed by atoms with Crippen LogP contribution in [0.15, 0.2) is 77.7 Å². The largest absolute Gasteiger partial charge is 0.483 e. The molecule has 0 aliphatic heterocycles. The molecule has 0 aliphatic rings. The van der Waals surface area contributed by atoms with Gasteiger partial charge in [-0.15, -0.1) is 0 Å². The maximum atomic E-state index is 12.6. The van der Waals surface area contributed by atoms with Gasteiger partial charge in [-0.1, -0.05) is 56.7 Å². The van der Waals surface area contributed by atoms with Crippen LogP contribution in [0.3, 0.4) is 0 Å². The second kappa shape index (κ2) is 9.44. The lowest BCUT2D eigenvalue weighted by Gasteiger charge is -2.22. The minimum Gasteiger partial charge on any atom is -0.483 e. The third kappa shape index (κ3) is 6.11. The van der Waals surface area contributed by atoms with E-state index in [2.05, 4.69) is 30.8 Å². The number of anilines is 2. The molecular formula is C25H28N2O4S. The van der Waals surface area contributed by atoms with Crippen molar-refractivity contribution in [3.63, 3.8) is 0 Å². The molecule has 0 aliphatic carbocycles. The summed E-state index contributed by atoms with van der Waals surface area (Å²) in [5.74, 6) is 0.334. The average Bonchev–Trinajstić information content (AvgIpc) is 2.74. The highest BCUT2D eigenvalue weighted by Gasteiger charge is 2.19. The van der Waals surface area contributed by atoms with Gasteiger partial charge in [0.1, 0.15) is 5.75 Å². The zero-order valence-electron chi connectivity index (χ0n) is 18.7. The third-order valence-electron chi connectivity index (χ3n) is 4.81. The first-order valence-electron chi connectivity index (χ1n) is 10.3. The molecule has 3 aromatic rings. The number of carbonyl (C=O) groups is 1. The van der Waals surface area contributed by atoms with Crippen LogP contribution in [0, 0.1) is 6.92 Å². The fourth-order valence-electron chi connectivity index (χ4n) is 3.11. The predicted molar refractivity (Wildman–Crippen MR) is 128 cm³/mol. The molecule has 3 rings (SSSR count). The van der Waals surface area contributed by atoms with Crippen molar-refractivity contribution >= 4 is 27.3 Å². The van der Waals surface area contributed by atoms with Gasteiger partial charge in [-0.25, -0.2) is 8.42 Å². The summed E-state index contributed by atoms with van der Waals surface area (Å²) in [6.07, 6.45) is 0. The number of rotatable bonds is 7. The Morgan fingerprint density at radius 1 is 0.875 bits per heavy atom. The molecule has 0 fully saturated rings. The van der Waals surface area contributed by atoms with Crippen LogP contribution in [0.25, 0.3) is 0 Å². The molecule has 7 heteroatoms. The number of sulfonamides is 1. The Kier molecular flexibility index (Phi) is 6.89. The topological polar surface area (TPSA) is 84.5 Å². The molecule has 0 aromatic heterocycles. The number of para-hydroxylation sites is 1. The first-order valence-corrected chi connectivity index (χ1v) is 11.7. The second-order valence-electron chi connectivity index (χ2n) is 8.58. The molecule has 0 heterocycles. The number of benzene rings is 3. The highest BCUT2D eigenvalue weighted by atomic mass is 32.2. The molecular weight excluding hydrogens is 424 g/mol. The summed E-state index contributed by atoms with van der Waals surface area (Å²) in [5, 5.41) is 2.73. The quantitative estimate of drug-likeness (QED) is 0.522. The standard InChI is InChI=1S/C25H28N2O4S/c1-18-9-11-20(12-10-18)27-32(29,30)21-15-13-19(14-16-21)26-24(28)17-31-23-8-6-5-7-22(23)25(2,3)4/h5-16,27H,17H2,1-4H3,(H,26,28). The van der Waals surface area contributed by atoms with Crippen molar-refractivity contribution in [1.29, 1.82) is 0 Å². The van der Waals surface area contributed by atoms with Gasteiger partial charge in [0.05, 0.1) is 4.90 Å². The van der Waals surface area contributed by atoms with Crippen LogP contribution in [0.2, 0.25) is 0 Å².